The zero-order valence-electron chi connectivity index (χ0n) is 11.0. The van der Waals surface area contributed by atoms with E-state index in [4.69, 9.17) is 16.3 Å². The number of ether oxygens (including phenoxy) is 1. The van der Waals surface area contributed by atoms with Crippen molar-refractivity contribution in [3.05, 3.63) is 28.8 Å². The molecule has 2 rings (SSSR count). The molecule has 0 saturated heterocycles. The van der Waals surface area contributed by atoms with Crippen LogP contribution < -0.4 is 4.74 Å². The van der Waals surface area contributed by atoms with Crippen LogP contribution in [0.4, 0.5) is 0 Å². The van der Waals surface area contributed by atoms with Crippen molar-refractivity contribution in [2.45, 2.75) is 45.8 Å². The van der Waals surface area contributed by atoms with E-state index in [1.165, 1.54) is 6.42 Å². The Morgan fingerprint density at radius 2 is 2.06 bits per heavy atom. The van der Waals surface area contributed by atoms with Crippen LogP contribution in [0.3, 0.4) is 0 Å². The predicted molar refractivity (Wildman–Crippen MR) is 74.0 cm³/mol. The van der Waals surface area contributed by atoms with Gasteiger partial charge in [-0.3, -0.25) is 0 Å². The highest BCUT2D eigenvalue weighted by Gasteiger charge is 2.26. The molecule has 3 atom stereocenters. The van der Waals surface area contributed by atoms with E-state index in [0.717, 1.165) is 30.1 Å². The minimum Gasteiger partial charge on any atom is -0.490 e. The fraction of sp³-hybridized carbons (Fsp3) is 0.600. The fourth-order valence-electron chi connectivity index (χ4n) is 2.57. The van der Waals surface area contributed by atoms with Crippen LogP contribution in [0.1, 0.15) is 38.7 Å². The molecular formula is C15H21ClO2. The Bertz CT molecular complexity index is 405. The maximum Gasteiger partial charge on any atom is 0.125 e. The van der Waals surface area contributed by atoms with Crippen LogP contribution in [0.25, 0.3) is 0 Å². The SMILES string of the molecule is CC1CCC(Oc2ccc(Cl)cc2CO)CC1C. The summed E-state index contributed by atoms with van der Waals surface area (Å²) in [6, 6.07) is 5.44. The Hall–Kier alpha value is -0.730. The third-order valence-electron chi connectivity index (χ3n) is 4.04. The Morgan fingerprint density at radius 3 is 2.72 bits per heavy atom. The number of halogens is 1. The summed E-state index contributed by atoms with van der Waals surface area (Å²) in [5, 5.41) is 9.96. The van der Waals surface area contributed by atoms with Crippen LogP contribution in [0.5, 0.6) is 5.75 Å². The summed E-state index contributed by atoms with van der Waals surface area (Å²) in [7, 11) is 0. The van der Waals surface area contributed by atoms with Crippen LogP contribution in [0.2, 0.25) is 5.02 Å². The van der Waals surface area contributed by atoms with Crippen LogP contribution in [0, 0.1) is 11.8 Å². The average Bonchev–Trinajstić information content (AvgIpc) is 2.36. The molecule has 0 amide bonds. The minimum absolute atomic E-state index is 0.0332. The van der Waals surface area contributed by atoms with Crippen molar-refractivity contribution in [2.75, 3.05) is 0 Å². The van der Waals surface area contributed by atoms with Crippen molar-refractivity contribution in [3.63, 3.8) is 0 Å². The number of hydrogen-bond acceptors (Lipinski definition) is 2. The average molecular weight is 269 g/mol. The molecule has 0 aliphatic heterocycles. The molecule has 1 aromatic carbocycles. The largest absolute Gasteiger partial charge is 0.490 e. The second kappa shape index (κ2) is 5.94. The number of benzene rings is 1. The zero-order valence-corrected chi connectivity index (χ0v) is 11.8. The summed E-state index contributed by atoms with van der Waals surface area (Å²) < 4.78 is 6.03. The molecule has 3 unspecified atom stereocenters. The van der Waals surface area contributed by atoms with Crippen molar-refractivity contribution in [1.82, 2.24) is 0 Å². The molecule has 3 heteroatoms. The quantitative estimate of drug-likeness (QED) is 0.897. The van der Waals surface area contributed by atoms with Gasteiger partial charge in [0.1, 0.15) is 5.75 Å². The molecule has 0 spiro atoms. The van der Waals surface area contributed by atoms with E-state index in [2.05, 4.69) is 13.8 Å². The highest BCUT2D eigenvalue weighted by molar-refractivity contribution is 6.30. The molecule has 1 aliphatic rings. The lowest BCUT2D eigenvalue weighted by atomic mass is 9.80. The lowest BCUT2D eigenvalue weighted by Crippen LogP contribution is -2.29. The topological polar surface area (TPSA) is 29.5 Å². The summed E-state index contributed by atoms with van der Waals surface area (Å²) in [4.78, 5) is 0. The molecule has 1 N–H and O–H groups in total. The summed E-state index contributed by atoms with van der Waals surface area (Å²) in [5.41, 5.74) is 0.772. The number of aliphatic hydroxyl groups excluding tert-OH is 1. The molecule has 1 saturated carbocycles. The van der Waals surface area contributed by atoms with Gasteiger partial charge in [-0.1, -0.05) is 25.4 Å². The molecule has 1 fully saturated rings. The normalized spacial score (nSPS) is 28.1. The molecule has 2 nitrogen and oxygen atoms in total. The van der Waals surface area contributed by atoms with Gasteiger partial charge in [0.05, 0.1) is 12.7 Å². The predicted octanol–water partition coefficient (Wildman–Crippen LogP) is 4.04. The van der Waals surface area contributed by atoms with Gasteiger partial charge in [0.25, 0.3) is 0 Å². The van der Waals surface area contributed by atoms with E-state index in [9.17, 15) is 5.11 Å². The molecule has 1 aliphatic carbocycles. The van der Waals surface area contributed by atoms with Crippen LogP contribution in [0.15, 0.2) is 18.2 Å². The zero-order chi connectivity index (χ0) is 13.1. The Kier molecular flexibility index (Phi) is 4.52. The molecule has 0 bridgehead atoms. The standard InChI is InChI=1S/C15H21ClO2/c1-10-3-5-14(7-11(10)2)18-15-6-4-13(16)8-12(15)9-17/h4,6,8,10-11,14,17H,3,5,7,9H2,1-2H3. The molecule has 0 radical (unpaired) electrons. The Balaban J connectivity index is 2.05. The highest BCUT2D eigenvalue weighted by atomic mass is 35.5. The first-order chi connectivity index (χ1) is 8.60. The second-order valence-corrected chi connectivity index (χ2v) is 5.85. The Labute approximate surface area is 114 Å². The van der Waals surface area contributed by atoms with E-state index in [-0.39, 0.29) is 12.7 Å². The first kappa shape index (κ1) is 13.7. The lowest BCUT2D eigenvalue weighted by Gasteiger charge is -2.32. The summed E-state index contributed by atoms with van der Waals surface area (Å²) in [6.45, 7) is 4.56. The van der Waals surface area contributed by atoms with Gasteiger partial charge >= 0.3 is 0 Å². The van der Waals surface area contributed by atoms with E-state index in [1.807, 2.05) is 12.1 Å². The minimum atomic E-state index is -0.0332. The highest BCUT2D eigenvalue weighted by Crippen LogP contribution is 2.33. The first-order valence-electron chi connectivity index (χ1n) is 6.66. The number of hydrogen-bond donors (Lipinski definition) is 1. The van der Waals surface area contributed by atoms with Crippen molar-refractivity contribution in [3.8, 4) is 5.75 Å². The number of aliphatic hydroxyl groups is 1. The monoisotopic (exact) mass is 268 g/mol. The van der Waals surface area contributed by atoms with Crippen molar-refractivity contribution < 1.29 is 9.84 Å². The van der Waals surface area contributed by atoms with Gasteiger partial charge in [0.2, 0.25) is 0 Å². The van der Waals surface area contributed by atoms with Gasteiger partial charge in [-0.05, 0) is 49.3 Å². The molecule has 18 heavy (non-hydrogen) atoms. The third-order valence-corrected chi connectivity index (χ3v) is 4.27. The van der Waals surface area contributed by atoms with E-state index < -0.39 is 0 Å². The molecular weight excluding hydrogens is 248 g/mol. The van der Waals surface area contributed by atoms with Crippen molar-refractivity contribution in [2.24, 2.45) is 11.8 Å². The van der Waals surface area contributed by atoms with E-state index in [1.54, 1.807) is 6.07 Å². The summed E-state index contributed by atoms with van der Waals surface area (Å²) in [5.74, 6) is 2.26. The summed E-state index contributed by atoms with van der Waals surface area (Å²) in [6.07, 6.45) is 3.67. The van der Waals surface area contributed by atoms with Crippen molar-refractivity contribution >= 4 is 11.6 Å². The van der Waals surface area contributed by atoms with Crippen LogP contribution >= 0.6 is 11.6 Å². The van der Waals surface area contributed by atoms with Gasteiger partial charge in [-0.2, -0.15) is 0 Å². The van der Waals surface area contributed by atoms with E-state index in [0.29, 0.717) is 10.9 Å². The van der Waals surface area contributed by atoms with Gasteiger partial charge in [-0.15, -0.1) is 0 Å². The van der Waals surface area contributed by atoms with Gasteiger partial charge in [-0.25, -0.2) is 0 Å². The lowest BCUT2D eigenvalue weighted by molar-refractivity contribution is 0.0981. The maximum absolute atomic E-state index is 9.33. The van der Waals surface area contributed by atoms with Gasteiger partial charge in [0, 0.05) is 10.6 Å². The maximum atomic E-state index is 9.33. The van der Waals surface area contributed by atoms with Crippen molar-refractivity contribution in [1.29, 1.82) is 0 Å². The van der Waals surface area contributed by atoms with Crippen LogP contribution in [-0.2, 0) is 6.61 Å². The smallest absolute Gasteiger partial charge is 0.125 e. The van der Waals surface area contributed by atoms with E-state index >= 15 is 0 Å². The molecule has 100 valence electrons. The second-order valence-electron chi connectivity index (χ2n) is 5.42. The molecule has 0 heterocycles. The van der Waals surface area contributed by atoms with Gasteiger partial charge < -0.3 is 9.84 Å². The Morgan fingerprint density at radius 1 is 1.28 bits per heavy atom. The molecule has 0 aromatic heterocycles. The number of rotatable bonds is 3. The first-order valence-corrected chi connectivity index (χ1v) is 7.04. The van der Waals surface area contributed by atoms with Gasteiger partial charge in [0.15, 0.2) is 0 Å². The summed E-state index contributed by atoms with van der Waals surface area (Å²) >= 11 is 5.91. The third kappa shape index (κ3) is 3.18. The fourth-order valence-corrected chi connectivity index (χ4v) is 2.77. The van der Waals surface area contributed by atoms with Crippen LogP contribution in [-0.4, -0.2) is 11.2 Å². The molecule has 1 aromatic rings.